The summed E-state index contributed by atoms with van der Waals surface area (Å²) >= 11 is 6.35. The van der Waals surface area contributed by atoms with Crippen LogP contribution in [0.5, 0.6) is 0 Å². The largest absolute Gasteiger partial charge is 0.326 e. The maximum absolute atomic E-state index is 12.5. The first-order valence-corrected chi connectivity index (χ1v) is 10.0. The fourth-order valence-electron chi connectivity index (χ4n) is 3.43. The minimum Gasteiger partial charge on any atom is -0.326 e. The van der Waals surface area contributed by atoms with Gasteiger partial charge in [-0.15, -0.1) is 0 Å². The second kappa shape index (κ2) is 9.41. The molecule has 1 fully saturated rings. The highest BCUT2D eigenvalue weighted by Crippen LogP contribution is 2.24. The van der Waals surface area contributed by atoms with Crippen molar-refractivity contribution in [1.29, 1.82) is 0 Å². The van der Waals surface area contributed by atoms with Crippen LogP contribution >= 0.6 is 11.6 Å². The number of benzene rings is 1. The number of likely N-dealkylation sites (tertiary alicyclic amines) is 1. The van der Waals surface area contributed by atoms with Gasteiger partial charge >= 0.3 is 6.03 Å². The van der Waals surface area contributed by atoms with Crippen molar-refractivity contribution in [3.63, 3.8) is 0 Å². The van der Waals surface area contributed by atoms with E-state index in [1.165, 1.54) is 12.8 Å². The zero-order valence-electron chi connectivity index (χ0n) is 16.8. The number of hydrogen-bond donors (Lipinski definition) is 1. The van der Waals surface area contributed by atoms with Crippen molar-refractivity contribution in [2.24, 2.45) is 0 Å². The molecule has 8 heteroatoms. The normalized spacial score (nSPS) is 15.8. The molecule has 1 aliphatic rings. The Kier molecular flexibility index (Phi) is 6.93. The minimum absolute atomic E-state index is 0.139. The number of nitrogens with zero attached hydrogens (tertiary/aromatic N) is 5. The van der Waals surface area contributed by atoms with Crippen molar-refractivity contribution in [2.75, 3.05) is 52.6 Å². The van der Waals surface area contributed by atoms with Crippen LogP contribution in [-0.2, 0) is 0 Å². The van der Waals surface area contributed by atoms with E-state index in [9.17, 15) is 4.79 Å². The van der Waals surface area contributed by atoms with Crippen molar-refractivity contribution >= 4 is 23.3 Å². The summed E-state index contributed by atoms with van der Waals surface area (Å²) in [7, 11) is 6.13. The number of rotatable bonds is 6. The molecule has 3 rings (SSSR count). The van der Waals surface area contributed by atoms with Gasteiger partial charge in [0.1, 0.15) is 0 Å². The number of hydrogen-bond acceptors (Lipinski definition) is 4. The molecule has 1 N–H and O–H groups in total. The van der Waals surface area contributed by atoms with Gasteiger partial charge in [0.25, 0.3) is 0 Å². The number of carbonyl (C=O) groups is 1. The van der Waals surface area contributed by atoms with Gasteiger partial charge in [0.15, 0.2) is 0 Å². The number of amides is 2. The SMILES string of the molecule is CN1CCC(N(C)CCN(C)C(=O)Nc2ccc(-n3cccn3)c(Cl)c2)CC1. The Morgan fingerprint density at radius 3 is 2.68 bits per heavy atom. The van der Waals surface area contributed by atoms with Crippen molar-refractivity contribution in [3.05, 3.63) is 41.7 Å². The van der Waals surface area contributed by atoms with Gasteiger partial charge in [0.05, 0.1) is 10.7 Å². The topological polar surface area (TPSA) is 56.6 Å². The van der Waals surface area contributed by atoms with Gasteiger partial charge in [-0.05, 0) is 64.3 Å². The van der Waals surface area contributed by atoms with Crippen LogP contribution in [0.1, 0.15) is 12.8 Å². The molecule has 7 nitrogen and oxygen atoms in total. The number of halogens is 1. The van der Waals surface area contributed by atoms with E-state index in [4.69, 9.17) is 11.6 Å². The monoisotopic (exact) mass is 404 g/mol. The molecule has 0 aliphatic carbocycles. The molecule has 1 aliphatic heterocycles. The fraction of sp³-hybridized carbons (Fsp3) is 0.500. The quantitative estimate of drug-likeness (QED) is 0.804. The molecule has 2 heterocycles. The molecule has 28 heavy (non-hydrogen) atoms. The second-order valence-electron chi connectivity index (χ2n) is 7.48. The highest BCUT2D eigenvalue weighted by atomic mass is 35.5. The Balaban J connectivity index is 1.49. The van der Waals surface area contributed by atoms with Gasteiger partial charge in [-0.1, -0.05) is 11.6 Å². The Morgan fingerprint density at radius 1 is 1.29 bits per heavy atom. The summed E-state index contributed by atoms with van der Waals surface area (Å²) in [6.07, 6.45) is 5.89. The summed E-state index contributed by atoms with van der Waals surface area (Å²) in [5, 5.41) is 7.62. The lowest BCUT2D eigenvalue weighted by Crippen LogP contribution is -2.45. The summed E-state index contributed by atoms with van der Waals surface area (Å²) < 4.78 is 1.69. The number of urea groups is 1. The average Bonchev–Trinajstić information content (AvgIpc) is 3.21. The lowest BCUT2D eigenvalue weighted by atomic mass is 10.0. The molecule has 152 valence electrons. The van der Waals surface area contributed by atoms with Crippen LogP contribution in [0.4, 0.5) is 10.5 Å². The van der Waals surface area contributed by atoms with Gasteiger partial charge in [0.2, 0.25) is 0 Å². The molecule has 0 radical (unpaired) electrons. The van der Waals surface area contributed by atoms with E-state index >= 15 is 0 Å². The highest BCUT2D eigenvalue weighted by Gasteiger charge is 2.21. The Morgan fingerprint density at radius 2 is 2.04 bits per heavy atom. The van der Waals surface area contributed by atoms with E-state index < -0.39 is 0 Å². The first-order valence-electron chi connectivity index (χ1n) is 9.64. The van der Waals surface area contributed by atoms with E-state index in [1.807, 2.05) is 31.4 Å². The van der Waals surface area contributed by atoms with Crippen molar-refractivity contribution in [1.82, 2.24) is 24.5 Å². The van der Waals surface area contributed by atoms with Crippen LogP contribution in [-0.4, -0.2) is 83.9 Å². The van der Waals surface area contributed by atoms with Gasteiger partial charge < -0.3 is 20.0 Å². The van der Waals surface area contributed by atoms with E-state index in [0.717, 1.165) is 25.3 Å². The van der Waals surface area contributed by atoms with E-state index in [0.29, 0.717) is 23.3 Å². The van der Waals surface area contributed by atoms with Crippen LogP contribution in [0.3, 0.4) is 0 Å². The molecule has 1 aromatic heterocycles. The predicted molar refractivity (Wildman–Crippen MR) is 113 cm³/mol. The first-order chi connectivity index (χ1) is 13.4. The molecule has 1 aromatic carbocycles. The average molecular weight is 405 g/mol. The number of nitrogens with one attached hydrogen (secondary N) is 1. The summed E-state index contributed by atoms with van der Waals surface area (Å²) in [5.74, 6) is 0. The maximum atomic E-state index is 12.5. The summed E-state index contributed by atoms with van der Waals surface area (Å²) in [5.41, 5.74) is 1.44. The molecule has 0 atom stereocenters. The van der Waals surface area contributed by atoms with Crippen molar-refractivity contribution < 1.29 is 4.79 Å². The molecule has 1 saturated heterocycles. The van der Waals surface area contributed by atoms with Crippen LogP contribution < -0.4 is 5.32 Å². The number of aromatic nitrogens is 2. The maximum Gasteiger partial charge on any atom is 0.321 e. The molecule has 0 unspecified atom stereocenters. The van der Waals surface area contributed by atoms with Gasteiger partial charge in [-0.25, -0.2) is 9.48 Å². The van der Waals surface area contributed by atoms with Crippen LogP contribution in [0.2, 0.25) is 5.02 Å². The number of carbonyl (C=O) groups excluding carboxylic acids is 1. The summed E-state index contributed by atoms with van der Waals surface area (Å²) in [6, 6.07) is 7.72. The first kappa shape index (κ1) is 20.6. The molecular formula is C20H29ClN6O. The van der Waals surface area contributed by atoms with Crippen molar-refractivity contribution in [2.45, 2.75) is 18.9 Å². The highest BCUT2D eigenvalue weighted by molar-refractivity contribution is 6.32. The van der Waals surface area contributed by atoms with E-state index in [-0.39, 0.29) is 6.03 Å². The third-order valence-electron chi connectivity index (χ3n) is 5.40. The lowest BCUT2D eigenvalue weighted by Gasteiger charge is -2.35. The number of piperidine rings is 1. The Labute approximate surface area is 171 Å². The number of likely N-dealkylation sites (N-methyl/N-ethyl adjacent to an activating group) is 2. The minimum atomic E-state index is -0.139. The zero-order valence-corrected chi connectivity index (χ0v) is 17.6. The predicted octanol–water partition coefficient (Wildman–Crippen LogP) is 3.02. The van der Waals surface area contributed by atoms with Crippen LogP contribution in [0.15, 0.2) is 36.7 Å². The molecule has 0 saturated carbocycles. The van der Waals surface area contributed by atoms with Gasteiger partial charge in [-0.3, -0.25) is 0 Å². The molecule has 2 amide bonds. The third-order valence-corrected chi connectivity index (χ3v) is 5.70. The molecule has 2 aromatic rings. The smallest absolute Gasteiger partial charge is 0.321 e. The number of anilines is 1. The van der Waals surface area contributed by atoms with Gasteiger partial charge in [-0.2, -0.15) is 5.10 Å². The lowest BCUT2D eigenvalue weighted by molar-refractivity contribution is 0.136. The summed E-state index contributed by atoms with van der Waals surface area (Å²) in [4.78, 5) is 18.9. The van der Waals surface area contributed by atoms with Crippen molar-refractivity contribution in [3.8, 4) is 5.69 Å². The second-order valence-corrected chi connectivity index (χ2v) is 7.89. The van der Waals surface area contributed by atoms with E-state index in [2.05, 4.69) is 34.3 Å². The zero-order chi connectivity index (χ0) is 20.1. The van der Waals surface area contributed by atoms with Crippen LogP contribution in [0.25, 0.3) is 5.69 Å². The molecule has 0 bridgehead atoms. The fourth-order valence-corrected chi connectivity index (χ4v) is 3.70. The van der Waals surface area contributed by atoms with Crippen LogP contribution in [0, 0.1) is 0 Å². The standard InChI is InChI=1S/C20H29ClN6O/c1-24-11-7-17(8-12-24)25(2)13-14-26(3)20(28)23-16-5-6-19(18(21)15-16)27-10-4-9-22-27/h4-6,9-10,15,17H,7-8,11-14H2,1-3H3,(H,23,28). The van der Waals surface area contributed by atoms with Gasteiger partial charge in [0, 0.05) is 44.3 Å². The Hall–Kier alpha value is -2.09. The molecule has 0 spiro atoms. The Bertz CT molecular complexity index is 773. The third kappa shape index (κ3) is 5.25. The summed E-state index contributed by atoms with van der Waals surface area (Å²) in [6.45, 7) is 3.81. The molecular weight excluding hydrogens is 376 g/mol. The van der Waals surface area contributed by atoms with E-state index in [1.54, 1.807) is 21.8 Å².